The Morgan fingerprint density at radius 2 is 1.81 bits per heavy atom. The summed E-state index contributed by atoms with van der Waals surface area (Å²) in [6, 6.07) is 0. The van der Waals surface area contributed by atoms with Gasteiger partial charge in [-0.1, -0.05) is 6.92 Å². The van der Waals surface area contributed by atoms with Crippen LogP contribution in [0.5, 0.6) is 0 Å². The molecule has 0 aromatic carbocycles. The van der Waals surface area contributed by atoms with Crippen LogP contribution in [-0.4, -0.2) is 48.1 Å². The Morgan fingerprint density at radius 3 is 2.31 bits per heavy atom. The van der Waals surface area contributed by atoms with E-state index in [-0.39, 0.29) is 25.6 Å². The van der Waals surface area contributed by atoms with Gasteiger partial charge in [-0.05, 0) is 6.92 Å². The highest BCUT2D eigenvalue weighted by Crippen LogP contribution is 2.01. The number of carbonyl (C=O) groups is 2. The van der Waals surface area contributed by atoms with E-state index in [4.69, 9.17) is 19.7 Å². The fourth-order valence-corrected chi connectivity index (χ4v) is 0.872. The van der Waals surface area contributed by atoms with Crippen molar-refractivity contribution >= 4 is 11.9 Å². The van der Waals surface area contributed by atoms with Crippen LogP contribution in [0.4, 0.5) is 0 Å². The number of hydrogen-bond donors (Lipinski definition) is 2. The van der Waals surface area contributed by atoms with Crippen molar-refractivity contribution in [3.05, 3.63) is 0 Å². The molecule has 0 aliphatic rings. The number of carboxylic acids is 2. The zero-order chi connectivity index (χ0) is 12.6. The van der Waals surface area contributed by atoms with E-state index in [9.17, 15) is 9.59 Å². The van der Waals surface area contributed by atoms with E-state index in [2.05, 4.69) is 0 Å². The van der Waals surface area contributed by atoms with E-state index in [1.54, 1.807) is 0 Å². The maximum absolute atomic E-state index is 10.4. The second-order valence-electron chi connectivity index (χ2n) is 3.64. The molecule has 16 heavy (non-hydrogen) atoms. The maximum Gasteiger partial charge on any atom is 0.332 e. The minimum atomic E-state index is -1.00. The van der Waals surface area contributed by atoms with Crippen LogP contribution in [0.25, 0.3) is 0 Å². The summed E-state index contributed by atoms with van der Waals surface area (Å²) in [5, 5.41) is 16.9. The van der Waals surface area contributed by atoms with E-state index in [0.29, 0.717) is 6.61 Å². The average Bonchev–Trinajstić information content (AvgIpc) is 2.20. The number of hydrogen-bond acceptors (Lipinski definition) is 4. The topological polar surface area (TPSA) is 93.1 Å². The number of carboxylic acid groups (broad SMARTS) is 2. The van der Waals surface area contributed by atoms with E-state index in [0.717, 1.165) is 0 Å². The van der Waals surface area contributed by atoms with Crippen molar-refractivity contribution in [1.29, 1.82) is 0 Å². The lowest BCUT2D eigenvalue weighted by Gasteiger charge is -2.14. The third-order valence-corrected chi connectivity index (χ3v) is 1.84. The largest absolute Gasteiger partial charge is 0.481 e. The molecule has 0 fully saturated rings. The van der Waals surface area contributed by atoms with Crippen molar-refractivity contribution in [3.8, 4) is 0 Å². The number of ether oxygens (including phenoxy) is 2. The van der Waals surface area contributed by atoms with Gasteiger partial charge >= 0.3 is 11.9 Å². The predicted octanol–water partition coefficient (Wildman–Crippen LogP) is 0.603. The van der Waals surface area contributed by atoms with Crippen LogP contribution in [0.2, 0.25) is 0 Å². The third kappa shape index (κ3) is 8.19. The fraction of sp³-hybridized carbons (Fsp3) is 0.800. The molecule has 0 saturated carbocycles. The van der Waals surface area contributed by atoms with Gasteiger partial charge in [0.15, 0.2) is 6.10 Å². The third-order valence-electron chi connectivity index (χ3n) is 1.84. The average molecular weight is 234 g/mol. The molecule has 0 aromatic rings. The van der Waals surface area contributed by atoms with Crippen LogP contribution >= 0.6 is 0 Å². The van der Waals surface area contributed by atoms with Gasteiger partial charge < -0.3 is 19.7 Å². The molecule has 6 heteroatoms. The minimum absolute atomic E-state index is 0.0287. The van der Waals surface area contributed by atoms with E-state index in [1.165, 1.54) is 6.92 Å². The molecule has 6 nitrogen and oxygen atoms in total. The van der Waals surface area contributed by atoms with Gasteiger partial charge in [0.25, 0.3) is 0 Å². The molecule has 0 rings (SSSR count). The van der Waals surface area contributed by atoms with Crippen molar-refractivity contribution in [2.24, 2.45) is 5.92 Å². The molecule has 0 amide bonds. The van der Waals surface area contributed by atoms with Gasteiger partial charge in [0.05, 0.1) is 26.2 Å². The van der Waals surface area contributed by atoms with E-state index < -0.39 is 18.0 Å². The zero-order valence-electron chi connectivity index (χ0n) is 9.51. The molecular formula is C10H18O6. The van der Waals surface area contributed by atoms with Crippen LogP contribution in [-0.2, 0) is 19.1 Å². The highest BCUT2D eigenvalue weighted by atomic mass is 16.5. The summed E-state index contributed by atoms with van der Waals surface area (Å²) >= 11 is 0. The summed E-state index contributed by atoms with van der Waals surface area (Å²) in [5.41, 5.74) is 0. The van der Waals surface area contributed by atoms with Crippen molar-refractivity contribution < 1.29 is 29.3 Å². The number of aliphatic carboxylic acids is 2. The summed E-state index contributed by atoms with van der Waals surface area (Å²) in [7, 11) is 0. The minimum Gasteiger partial charge on any atom is -0.481 e. The highest BCUT2D eigenvalue weighted by molar-refractivity contribution is 5.71. The Morgan fingerprint density at radius 1 is 1.19 bits per heavy atom. The molecule has 0 saturated heterocycles. The summed E-state index contributed by atoms with van der Waals surface area (Å²) in [6.07, 6.45) is -0.861. The second-order valence-corrected chi connectivity index (χ2v) is 3.64. The lowest BCUT2D eigenvalue weighted by Crippen LogP contribution is -2.24. The molecule has 2 N–H and O–H groups in total. The van der Waals surface area contributed by atoms with Crippen molar-refractivity contribution in [3.63, 3.8) is 0 Å². The second kappa shape index (κ2) is 8.06. The monoisotopic (exact) mass is 234 g/mol. The summed E-state index contributed by atoms with van der Waals surface area (Å²) in [5.74, 6) is -1.86. The van der Waals surface area contributed by atoms with Gasteiger partial charge in [0.2, 0.25) is 0 Å². The Kier molecular flexibility index (Phi) is 7.49. The van der Waals surface area contributed by atoms with Crippen molar-refractivity contribution in [1.82, 2.24) is 0 Å². The summed E-state index contributed by atoms with van der Waals surface area (Å²) < 4.78 is 10.1. The molecule has 0 bridgehead atoms. The maximum atomic E-state index is 10.4. The first-order valence-corrected chi connectivity index (χ1v) is 5.07. The fourth-order valence-electron chi connectivity index (χ4n) is 0.872. The molecule has 2 atom stereocenters. The van der Waals surface area contributed by atoms with Gasteiger partial charge in [0.1, 0.15) is 0 Å². The van der Waals surface area contributed by atoms with Gasteiger partial charge in [-0.25, -0.2) is 4.79 Å². The molecule has 0 aliphatic heterocycles. The molecule has 2 unspecified atom stereocenters. The lowest BCUT2D eigenvalue weighted by atomic mass is 10.2. The van der Waals surface area contributed by atoms with Gasteiger partial charge in [-0.15, -0.1) is 0 Å². The quantitative estimate of drug-likeness (QED) is 0.567. The first-order chi connectivity index (χ1) is 7.43. The molecule has 94 valence electrons. The lowest BCUT2D eigenvalue weighted by molar-refractivity contribution is -0.150. The van der Waals surface area contributed by atoms with Crippen LogP contribution in [0.15, 0.2) is 0 Å². The molecule has 0 aromatic heterocycles. The normalized spacial score (nSPS) is 14.4. The number of rotatable bonds is 9. The Balaban J connectivity index is 3.48. The van der Waals surface area contributed by atoms with Crippen molar-refractivity contribution in [2.45, 2.75) is 26.4 Å². The van der Waals surface area contributed by atoms with Crippen LogP contribution < -0.4 is 0 Å². The Hall–Kier alpha value is -1.14. The molecule has 0 radical (unpaired) electrons. The van der Waals surface area contributed by atoms with Crippen molar-refractivity contribution in [2.75, 3.05) is 19.8 Å². The summed E-state index contributed by atoms with van der Waals surface area (Å²) in [4.78, 5) is 20.6. The van der Waals surface area contributed by atoms with Crippen LogP contribution in [0.3, 0.4) is 0 Å². The standard InChI is InChI=1S/C10H18O6/c1-7(5-15-4-3-9(11)12)6-16-8(2)10(13)14/h7-8H,3-6H2,1-2H3,(H,11,12)(H,13,14). The van der Waals surface area contributed by atoms with E-state index >= 15 is 0 Å². The Labute approximate surface area is 94.2 Å². The Bertz CT molecular complexity index is 227. The van der Waals surface area contributed by atoms with Gasteiger partial charge in [-0.2, -0.15) is 0 Å². The van der Waals surface area contributed by atoms with Crippen LogP contribution in [0, 0.1) is 5.92 Å². The van der Waals surface area contributed by atoms with Gasteiger partial charge in [0, 0.05) is 5.92 Å². The smallest absolute Gasteiger partial charge is 0.332 e. The molecule has 0 heterocycles. The first kappa shape index (κ1) is 14.9. The van der Waals surface area contributed by atoms with Crippen LogP contribution in [0.1, 0.15) is 20.3 Å². The first-order valence-electron chi connectivity index (χ1n) is 5.07. The van der Waals surface area contributed by atoms with E-state index in [1.807, 2.05) is 6.92 Å². The van der Waals surface area contributed by atoms with Gasteiger partial charge in [-0.3, -0.25) is 4.79 Å². The molecular weight excluding hydrogens is 216 g/mol. The summed E-state index contributed by atoms with van der Waals surface area (Å²) in [6.45, 7) is 4.10. The molecule has 0 aliphatic carbocycles. The molecule has 0 spiro atoms. The highest BCUT2D eigenvalue weighted by Gasteiger charge is 2.12. The predicted molar refractivity (Wildman–Crippen MR) is 55.3 cm³/mol. The SMILES string of the molecule is CC(COCCC(=O)O)COC(C)C(=O)O. The zero-order valence-corrected chi connectivity index (χ0v) is 9.51.